The van der Waals surface area contributed by atoms with Crippen molar-refractivity contribution in [3.63, 3.8) is 0 Å². The van der Waals surface area contributed by atoms with Crippen LogP contribution >= 0.6 is 0 Å². The van der Waals surface area contributed by atoms with E-state index < -0.39 is 0 Å². The van der Waals surface area contributed by atoms with Crippen molar-refractivity contribution in [2.75, 3.05) is 0 Å². The molecule has 1 rings (SSSR count). The zero-order chi connectivity index (χ0) is 9.95. The summed E-state index contributed by atoms with van der Waals surface area (Å²) in [6.45, 7) is 8.88. The summed E-state index contributed by atoms with van der Waals surface area (Å²) in [5.41, 5.74) is 0.226. The van der Waals surface area contributed by atoms with Crippen molar-refractivity contribution >= 4 is 0 Å². The van der Waals surface area contributed by atoms with Crippen LogP contribution in [0, 0.1) is 0 Å². The largest absolute Gasteiger partial charge is 0.369 e. The molecular formula is C12H24O. The molecule has 0 atom stereocenters. The van der Waals surface area contributed by atoms with E-state index in [-0.39, 0.29) is 11.2 Å². The molecule has 0 amide bonds. The second-order valence-corrected chi connectivity index (χ2v) is 5.23. The minimum atomic E-state index is 0.0616. The first-order chi connectivity index (χ1) is 5.97. The molecule has 0 saturated heterocycles. The summed E-state index contributed by atoms with van der Waals surface area (Å²) in [7, 11) is 0. The van der Waals surface area contributed by atoms with Crippen LogP contribution < -0.4 is 0 Å². The maximum Gasteiger partial charge on any atom is 0.0661 e. The highest BCUT2D eigenvalue weighted by Gasteiger charge is 2.33. The molecule has 1 aliphatic rings. The van der Waals surface area contributed by atoms with Gasteiger partial charge in [-0.15, -0.1) is 0 Å². The fraction of sp³-hybridized carbons (Fsp3) is 1.00. The first-order valence-corrected chi connectivity index (χ1v) is 5.68. The predicted molar refractivity (Wildman–Crippen MR) is 56.9 cm³/mol. The van der Waals surface area contributed by atoms with Gasteiger partial charge >= 0.3 is 0 Å². The quantitative estimate of drug-likeness (QED) is 0.646. The van der Waals surface area contributed by atoms with Crippen LogP contribution in [0.2, 0.25) is 0 Å². The highest BCUT2D eigenvalue weighted by Crippen LogP contribution is 2.35. The Morgan fingerprint density at radius 2 is 1.69 bits per heavy atom. The standard InChI is InChI=1S/C12H24O/c1-5-11(2,3)13-12(4)9-7-6-8-10-12/h5-10H2,1-4H3. The third-order valence-corrected chi connectivity index (χ3v) is 3.29. The van der Waals surface area contributed by atoms with E-state index in [9.17, 15) is 0 Å². The molecule has 0 aromatic carbocycles. The van der Waals surface area contributed by atoms with Gasteiger partial charge in [0.25, 0.3) is 0 Å². The zero-order valence-electron chi connectivity index (χ0n) is 9.65. The molecule has 1 nitrogen and oxygen atoms in total. The predicted octanol–water partition coefficient (Wildman–Crippen LogP) is 3.91. The Labute approximate surface area is 82.9 Å². The van der Waals surface area contributed by atoms with Crippen LogP contribution in [0.25, 0.3) is 0 Å². The molecule has 1 heteroatoms. The maximum atomic E-state index is 6.22. The summed E-state index contributed by atoms with van der Waals surface area (Å²) in [5.74, 6) is 0. The van der Waals surface area contributed by atoms with Gasteiger partial charge in [-0.2, -0.15) is 0 Å². The van der Waals surface area contributed by atoms with E-state index in [2.05, 4.69) is 27.7 Å². The summed E-state index contributed by atoms with van der Waals surface area (Å²) in [4.78, 5) is 0. The summed E-state index contributed by atoms with van der Waals surface area (Å²) in [6.07, 6.45) is 7.67. The fourth-order valence-corrected chi connectivity index (χ4v) is 2.14. The zero-order valence-corrected chi connectivity index (χ0v) is 9.65. The highest BCUT2D eigenvalue weighted by molar-refractivity contribution is 4.83. The van der Waals surface area contributed by atoms with Gasteiger partial charge in [0.2, 0.25) is 0 Å². The Balaban J connectivity index is 2.49. The van der Waals surface area contributed by atoms with Crippen molar-refractivity contribution in [3.05, 3.63) is 0 Å². The molecule has 1 fully saturated rings. The maximum absolute atomic E-state index is 6.22. The minimum absolute atomic E-state index is 0.0616. The lowest BCUT2D eigenvalue weighted by atomic mass is 9.85. The Morgan fingerprint density at radius 3 is 2.15 bits per heavy atom. The van der Waals surface area contributed by atoms with Gasteiger partial charge in [-0.25, -0.2) is 0 Å². The number of ether oxygens (including phenoxy) is 1. The summed E-state index contributed by atoms with van der Waals surface area (Å²) < 4.78 is 6.22. The Morgan fingerprint density at radius 1 is 1.15 bits per heavy atom. The van der Waals surface area contributed by atoms with Gasteiger partial charge in [0.15, 0.2) is 0 Å². The summed E-state index contributed by atoms with van der Waals surface area (Å²) in [6, 6.07) is 0. The lowest BCUT2D eigenvalue weighted by Crippen LogP contribution is -2.40. The van der Waals surface area contributed by atoms with E-state index in [1.54, 1.807) is 0 Å². The van der Waals surface area contributed by atoms with Crippen LogP contribution in [0.15, 0.2) is 0 Å². The van der Waals surface area contributed by atoms with E-state index >= 15 is 0 Å². The lowest BCUT2D eigenvalue weighted by molar-refractivity contribution is -0.147. The van der Waals surface area contributed by atoms with E-state index in [0.29, 0.717) is 0 Å². The summed E-state index contributed by atoms with van der Waals surface area (Å²) >= 11 is 0. The van der Waals surface area contributed by atoms with Crippen molar-refractivity contribution < 1.29 is 4.74 Å². The average Bonchev–Trinajstić information content (AvgIpc) is 2.04. The monoisotopic (exact) mass is 184 g/mol. The van der Waals surface area contributed by atoms with Gasteiger partial charge in [-0.1, -0.05) is 26.2 Å². The van der Waals surface area contributed by atoms with Gasteiger partial charge in [-0.05, 0) is 40.0 Å². The molecule has 1 saturated carbocycles. The van der Waals surface area contributed by atoms with Crippen LogP contribution in [-0.4, -0.2) is 11.2 Å². The normalized spacial score (nSPS) is 23.1. The Hall–Kier alpha value is -0.0400. The van der Waals surface area contributed by atoms with Crippen LogP contribution in [0.1, 0.15) is 66.2 Å². The fourth-order valence-electron chi connectivity index (χ4n) is 2.14. The molecule has 1 aliphatic carbocycles. The molecule has 78 valence electrons. The average molecular weight is 184 g/mol. The third kappa shape index (κ3) is 3.30. The molecule has 0 aliphatic heterocycles. The van der Waals surface area contributed by atoms with E-state index in [1.807, 2.05) is 0 Å². The molecule has 0 N–H and O–H groups in total. The summed E-state index contributed by atoms with van der Waals surface area (Å²) in [5, 5.41) is 0. The van der Waals surface area contributed by atoms with Crippen molar-refractivity contribution in [3.8, 4) is 0 Å². The molecule has 0 aromatic heterocycles. The molecule has 0 radical (unpaired) electrons. The molecule has 0 unspecified atom stereocenters. The molecular weight excluding hydrogens is 160 g/mol. The van der Waals surface area contributed by atoms with Gasteiger partial charge in [0, 0.05) is 0 Å². The first-order valence-electron chi connectivity index (χ1n) is 5.68. The third-order valence-electron chi connectivity index (χ3n) is 3.29. The molecule has 0 spiro atoms. The highest BCUT2D eigenvalue weighted by atomic mass is 16.5. The molecule has 0 aromatic rings. The van der Waals surface area contributed by atoms with Crippen molar-refractivity contribution in [1.82, 2.24) is 0 Å². The van der Waals surface area contributed by atoms with Crippen LogP contribution in [0.4, 0.5) is 0 Å². The van der Waals surface area contributed by atoms with Crippen LogP contribution in [0.3, 0.4) is 0 Å². The van der Waals surface area contributed by atoms with Crippen LogP contribution in [0.5, 0.6) is 0 Å². The Bertz CT molecular complexity index is 155. The first kappa shape index (κ1) is 11.0. The number of rotatable bonds is 3. The van der Waals surface area contributed by atoms with E-state index in [1.165, 1.54) is 32.1 Å². The number of hydrogen-bond acceptors (Lipinski definition) is 1. The smallest absolute Gasteiger partial charge is 0.0661 e. The van der Waals surface area contributed by atoms with E-state index in [4.69, 9.17) is 4.74 Å². The second-order valence-electron chi connectivity index (χ2n) is 5.23. The molecule has 0 heterocycles. The van der Waals surface area contributed by atoms with Gasteiger partial charge in [0.1, 0.15) is 0 Å². The van der Waals surface area contributed by atoms with Gasteiger partial charge in [0.05, 0.1) is 11.2 Å². The van der Waals surface area contributed by atoms with Gasteiger partial charge < -0.3 is 4.74 Å². The van der Waals surface area contributed by atoms with Crippen molar-refractivity contribution in [2.24, 2.45) is 0 Å². The number of hydrogen-bond donors (Lipinski definition) is 0. The van der Waals surface area contributed by atoms with Crippen LogP contribution in [-0.2, 0) is 4.74 Å². The Kier molecular flexibility index (Phi) is 3.39. The second kappa shape index (κ2) is 4.00. The lowest BCUT2D eigenvalue weighted by Gasteiger charge is -2.40. The van der Waals surface area contributed by atoms with Crippen molar-refractivity contribution in [2.45, 2.75) is 77.4 Å². The minimum Gasteiger partial charge on any atom is -0.369 e. The van der Waals surface area contributed by atoms with Crippen molar-refractivity contribution in [1.29, 1.82) is 0 Å². The SMILES string of the molecule is CCC(C)(C)OC1(C)CCCCC1. The topological polar surface area (TPSA) is 9.23 Å². The molecule has 13 heavy (non-hydrogen) atoms. The van der Waals surface area contributed by atoms with Gasteiger partial charge in [-0.3, -0.25) is 0 Å². The van der Waals surface area contributed by atoms with E-state index in [0.717, 1.165) is 6.42 Å². The molecule has 0 bridgehead atoms.